The van der Waals surface area contributed by atoms with E-state index in [4.69, 9.17) is 16.9 Å². The van der Waals surface area contributed by atoms with Crippen molar-refractivity contribution in [3.05, 3.63) is 64.2 Å². The minimum Gasteiger partial charge on any atom is -0.296 e. The van der Waals surface area contributed by atoms with Gasteiger partial charge in [-0.05, 0) is 23.8 Å². The van der Waals surface area contributed by atoms with Gasteiger partial charge in [0.1, 0.15) is 11.0 Å². The maximum Gasteiger partial charge on any atom is 0.129 e. The van der Waals surface area contributed by atoms with E-state index in [0.29, 0.717) is 22.8 Å². The molecule has 2 aromatic rings. The van der Waals surface area contributed by atoms with Crippen molar-refractivity contribution in [1.29, 1.82) is 5.26 Å². The number of aromatic nitrogens is 1. The second-order valence-corrected chi connectivity index (χ2v) is 6.35. The summed E-state index contributed by atoms with van der Waals surface area (Å²) in [4.78, 5) is 8.70. The Hall–Kier alpha value is -2.00. The van der Waals surface area contributed by atoms with Gasteiger partial charge in [0.25, 0.3) is 0 Å². The first-order valence-electron chi connectivity index (χ1n) is 7.88. The Labute approximate surface area is 146 Å². The van der Waals surface area contributed by atoms with Gasteiger partial charge in [-0.15, -0.1) is 0 Å². The van der Waals surface area contributed by atoms with Crippen LogP contribution in [0.25, 0.3) is 0 Å². The number of rotatable bonds is 4. The van der Waals surface area contributed by atoms with Crippen LogP contribution in [-0.4, -0.2) is 41.0 Å². The summed E-state index contributed by atoms with van der Waals surface area (Å²) in [6.07, 6.45) is 1.81. The summed E-state index contributed by atoms with van der Waals surface area (Å²) in [7, 11) is 0. The van der Waals surface area contributed by atoms with Crippen molar-refractivity contribution >= 4 is 11.6 Å². The predicted octanol–water partition coefficient (Wildman–Crippen LogP) is 3.06. The molecule has 0 saturated carbocycles. The number of halogens is 2. The molecule has 0 aliphatic carbocycles. The van der Waals surface area contributed by atoms with Crippen LogP contribution in [-0.2, 0) is 13.1 Å². The Kier molecular flexibility index (Phi) is 5.41. The Morgan fingerprint density at radius 1 is 1.08 bits per heavy atom. The Morgan fingerprint density at radius 2 is 1.79 bits per heavy atom. The molecule has 2 heterocycles. The van der Waals surface area contributed by atoms with Gasteiger partial charge >= 0.3 is 0 Å². The van der Waals surface area contributed by atoms with E-state index in [-0.39, 0.29) is 5.82 Å². The fourth-order valence-corrected chi connectivity index (χ4v) is 2.96. The van der Waals surface area contributed by atoms with Gasteiger partial charge < -0.3 is 0 Å². The van der Waals surface area contributed by atoms with Crippen LogP contribution in [0.5, 0.6) is 0 Å². The van der Waals surface area contributed by atoms with Crippen LogP contribution < -0.4 is 0 Å². The maximum absolute atomic E-state index is 14.0. The normalized spacial score (nSPS) is 16.0. The lowest BCUT2D eigenvalue weighted by Crippen LogP contribution is -2.45. The molecular formula is C18H18ClFN4. The lowest BCUT2D eigenvalue weighted by Gasteiger charge is -2.34. The lowest BCUT2D eigenvalue weighted by molar-refractivity contribution is 0.121. The van der Waals surface area contributed by atoms with Gasteiger partial charge in [0.05, 0.1) is 11.6 Å². The zero-order valence-corrected chi connectivity index (χ0v) is 14.0. The minimum atomic E-state index is -0.302. The Bertz CT molecular complexity index is 734. The molecule has 6 heteroatoms. The molecule has 124 valence electrons. The second kappa shape index (κ2) is 7.71. The van der Waals surface area contributed by atoms with E-state index in [1.54, 1.807) is 24.4 Å². The van der Waals surface area contributed by atoms with E-state index in [0.717, 1.165) is 38.3 Å². The maximum atomic E-state index is 14.0. The minimum absolute atomic E-state index is 0.302. The number of piperazine rings is 1. The summed E-state index contributed by atoms with van der Waals surface area (Å²) < 4.78 is 14.0. The SMILES string of the molecule is N#Cc1ccc(CN2CCN(Cc3ccc(Cl)nc3)CC2)c(F)c1. The number of benzene rings is 1. The molecule has 1 aliphatic heterocycles. The highest BCUT2D eigenvalue weighted by atomic mass is 35.5. The third-order valence-corrected chi connectivity index (χ3v) is 4.46. The number of hydrogen-bond acceptors (Lipinski definition) is 4. The van der Waals surface area contributed by atoms with Crippen LogP contribution in [0.3, 0.4) is 0 Å². The first-order valence-corrected chi connectivity index (χ1v) is 8.25. The quantitative estimate of drug-likeness (QED) is 0.799. The predicted molar refractivity (Wildman–Crippen MR) is 90.9 cm³/mol. The first kappa shape index (κ1) is 16.8. The van der Waals surface area contributed by atoms with Gasteiger partial charge in [0, 0.05) is 51.0 Å². The van der Waals surface area contributed by atoms with Crippen molar-refractivity contribution in [2.24, 2.45) is 0 Å². The molecule has 1 aromatic carbocycles. The third-order valence-electron chi connectivity index (χ3n) is 4.24. The number of pyridine rings is 1. The zero-order valence-electron chi connectivity index (χ0n) is 13.3. The third kappa shape index (κ3) is 4.30. The van der Waals surface area contributed by atoms with Crippen molar-refractivity contribution in [2.75, 3.05) is 26.2 Å². The van der Waals surface area contributed by atoms with E-state index in [9.17, 15) is 4.39 Å². The molecule has 0 unspecified atom stereocenters. The van der Waals surface area contributed by atoms with Gasteiger partial charge in [0.2, 0.25) is 0 Å². The van der Waals surface area contributed by atoms with Gasteiger partial charge in [-0.3, -0.25) is 9.80 Å². The largest absolute Gasteiger partial charge is 0.296 e. The molecule has 1 aromatic heterocycles. The average molecular weight is 345 g/mol. The van der Waals surface area contributed by atoms with Crippen LogP contribution >= 0.6 is 11.6 Å². The summed E-state index contributed by atoms with van der Waals surface area (Å²) in [6, 6.07) is 10.4. The van der Waals surface area contributed by atoms with Crippen LogP contribution in [0.2, 0.25) is 5.15 Å². The molecule has 0 radical (unpaired) electrons. The fourth-order valence-electron chi connectivity index (χ4n) is 2.85. The summed E-state index contributed by atoms with van der Waals surface area (Å²) in [5, 5.41) is 9.30. The zero-order chi connectivity index (χ0) is 16.9. The van der Waals surface area contributed by atoms with E-state index in [1.165, 1.54) is 6.07 Å². The van der Waals surface area contributed by atoms with Gasteiger partial charge in [-0.2, -0.15) is 5.26 Å². The highest BCUT2D eigenvalue weighted by Crippen LogP contribution is 2.15. The van der Waals surface area contributed by atoms with Crippen molar-refractivity contribution in [2.45, 2.75) is 13.1 Å². The van der Waals surface area contributed by atoms with E-state index < -0.39 is 0 Å². The van der Waals surface area contributed by atoms with E-state index in [1.807, 2.05) is 12.1 Å². The molecule has 0 atom stereocenters. The first-order chi connectivity index (χ1) is 11.6. The summed E-state index contributed by atoms with van der Waals surface area (Å²) in [6.45, 7) is 5.07. The lowest BCUT2D eigenvalue weighted by atomic mass is 10.1. The van der Waals surface area contributed by atoms with Crippen molar-refractivity contribution in [3.8, 4) is 6.07 Å². The van der Waals surface area contributed by atoms with Crippen molar-refractivity contribution in [3.63, 3.8) is 0 Å². The molecule has 24 heavy (non-hydrogen) atoms. The molecule has 3 rings (SSSR count). The van der Waals surface area contributed by atoms with Crippen LogP contribution in [0.15, 0.2) is 36.5 Å². The summed E-state index contributed by atoms with van der Waals surface area (Å²) >= 11 is 5.80. The molecule has 4 nitrogen and oxygen atoms in total. The monoisotopic (exact) mass is 344 g/mol. The van der Waals surface area contributed by atoms with Crippen molar-refractivity contribution < 1.29 is 4.39 Å². The van der Waals surface area contributed by atoms with Gasteiger partial charge in [-0.1, -0.05) is 23.7 Å². The smallest absolute Gasteiger partial charge is 0.129 e. The second-order valence-electron chi connectivity index (χ2n) is 5.96. The standard InChI is InChI=1S/C18H18ClFN4/c19-18-4-2-15(11-22-18)12-23-5-7-24(8-6-23)13-16-3-1-14(10-21)9-17(16)20/h1-4,9,11H,5-8,12-13H2. The van der Waals surface area contributed by atoms with Gasteiger partial charge in [-0.25, -0.2) is 9.37 Å². The molecule has 0 bridgehead atoms. The summed E-state index contributed by atoms with van der Waals surface area (Å²) in [5.74, 6) is -0.302. The average Bonchev–Trinajstić information content (AvgIpc) is 2.60. The molecule has 0 spiro atoms. The number of hydrogen-bond donors (Lipinski definition) is 0. The van der Waals surface area contributed by atoms with E-state index in [2.05, 4.69) is 14.8 Å². The molecule has 0 N–H and O–H groups in total. The molecule has 0 amide bonds. The molecule has 1 saturated heterocycles. The summed E-state index contributed by atoms with van der Waals surface area (Å²) in [5.41, 5.74) is 2.15. The highest BCUT2D eigenvalue weighted by Gasteiger charge is 2.18. The Morgan fingerprint density at radius 3 is 2.38 bits per heavy atom. The van der Waals surface area contributed by atoms with Crippen LogP contribution in [0.1, 0.15) is 16.7 Å². The molecular weight excluding hydrogens is 327 g/mol. The molecule has 1 aliphatic rings. The highest BCUT2D eigenvalue weighted by molar-refractivity contribution is 6.29. The molecule has 1 fully saturated rings. The van der Waals surface area contributed by atoms with Crippen LogP contribution in [0.4, 0.5) is 4.39 Å². The van der Waals surface area contributed by atoms with Crippen LogP contribution in [0, 0.1) is 17.1 Å². The topological polar surface area (TPSA) is 43.2 Å². The Balaban J connectivity index is 1.52. The van der Waals surface area contributed by atoms with E-state index >= 15 is 0 Å². The van der Waals surface area contributed by atoms with Gasteiger partial charge in [0.15, 0.2) is 0 Å². The van der Waals surface area contributed by atoms with Crippen molar-refractivity contribution in [1.82, 2.24) is 14.8 Å². The number of nitriles is 1. The fraction of sp³-hybridized carbons (Fsp3) is 0.333. The number of nitrogens with zero attached hydrogens (tertiary/aromatic N) is 4.